The molecule has 1 fully saturated rings. The van der Waals surface area contributed by atoms with E-state index in [1.807, 2.05) is 0 Å². The molecule has 1 aromatic rings. The predicted octanol–water partition coefficient (Wildman–Crippen LogP) is -1.78. The van der Waals surface area contributed by atoms with Crippen LogP contribution in [-0.2, 0) is 20.8 Å². The summed E-state index contributed by atoms with van der Waals surface area (Å²) in [5.41, 5.74) is 0.796. The maximum Gasteiger partial charge on any atom is 0.472 e. The van der Waals surface area contributed by atoms with Crippen molar-refractivity contribution in [3.05, 3.63) is 29.8 Å². The highest BCUT2D eigenvalue weighted by Gasteiger charge is 2.36. The third kappa shape index (κ3) is 6.19. The Kier molecular flexibility index (Phi) is 8.19. The Morgan fingerprint density at radius 2 is 1.80 bits per heavy atom. The summed E-state index contributed by atoms with van der Waals surface area (Å²) in [5.74, 6) is -2.33. The molecule has 11 nitrogen and oxygen atoms in total. The standard InChI is InChI=1S/C18H25BN4O7/c1-2-22-9-10-23(17(27)16(22)26)18(28)21-14(15(25)20-11-19(29)30)8-5-12-3-6-13(24)7-4-12/h3-4,6-7,14,24,29-30H,2,5,8-11H2,1H3,(H,20,25)(H,21,28)/t14-/m1/s1. The van der Waals surface area contributed by atoms with E-state index in [0.717, 1.165) is 10.5 Å². The molecule has 5 amide bonds. The molecule has 0 unspecified atom stereocenters. The molecule has 5 N–H and O–H groups in total. The number of likely N-dealkylation sites (N-methyl/N-ethyl adjacent to an activating group) is 1. The Hall–Kier alpha value is -3.12. The van der Waals surface area contributed by atoms with Gasteiger partial charge in [0.1, 0.15) is 11.8 Å². The van der Waals surface area contributed by atoms with Crippen LogP contribution in [0, 0.1) is 0 Å². The minimum Gasteiger partial charge on any atom is -0.508 e. The van der Waals surface area contributed by atoms with Gasteiger partial charge in [0, 0.05) is 19.6 Å². The van der Waals surface area contributed by atoms with Crippen molar-refractivity contribution in [1.82, 2.24) is 20.4 Å². The number of carbonyl (C=O) groups is 4. The summed E-state index contributed by atoms with van der Waals surface area (Å²) >= 11 is 0. The van der Waals surface area contributed by atoms with Gasteiger partial charge >= 0.3 is 25.0 Å². The molecule has 0 aromatic heterocycles. The van der Waals surface area contributed by atoms with Crippen LogP contribution in [-0.4, -0.2) is 87.9 Å². The van der Waals surface area contributed by atoms with Crippen LogP contribution in [0.3, 0.4) is 0 Å². The van der Waals surface area contributed by atoms with Gasteiger partial charge in [-0.25, -0.2) is 4.79 Å². The summed E-state index contributed by atoms with van der Waals surface area (Å²) in [5, 5.41) is 32.0. The highest BCUT2D eigenvalue weighted by atomic mass is 16.4. The Morgan fingerprint density at radius 3 is 2.40 bits per heavy atom. The van der Waals surface area contributed by atoms with Gasteiger partial charge in [0.05, 0.1) is 6.44 Å². The average Bonchev–Trinajstić information content (AvgIpc) is 2.72. The number of imide groups is 1. The van der Waals surface area contributed by atoms with Gasteiger partial charge in [0.2, 0.25) is 5.91 Å². The highest BCUT2D eigenvalue weighted by Crippen LogP contribution is 2.13. The van der Waals surface area contributed by atoms with Gasteiger partial charge in [0.25, 0.3) is 0 Å². The normalized spacial score (nSPS) is 15.0. The van der Waals surface area contributed by atoms with Crippen molar-refractivity contribution in [2.24, 2.45) is 0 Å². The second kappa shape index (κ2) is 10.6. The van der Waals surface area contributed by atoms with Gasteiger partial charge in [-0.15, -0.1) is 0 Å². The number of aromatic hydroxyl groups is 1. The largest absolute Gasteiger partial charge is 0.508 e. The van der Waals surface area contributed by atoms with Gasteiger partial charge < -0.3 is 30.7 Å². The molecule has 1 heterocycles. The molecule has 30 heavy (non-hydrogen) atoms. The molecule has 1 saturated heterocycles. The van der Waals surface area contributed by atoms with Crippen LogP contribution in [0.5, 0.6) is 5.75 Å². The van der Waals surface area contributed by atoms with Crippen LogP contribution in [0.25, 0.3) is 0 Å². The fraction of sp³-hybridized carbons (Fsp3) is 0.444. The van der Waals surface area contributed by atoms with Crippen molar-refractivity contribution in [1.29, 1.82) is 0 Å². The van der Waals surface area contributed by atoms with Crippen molar-refractivity contribution in [3.63, 3.8) is 0 Å². The van der Waals surface area contributed by atoms with Crippen LogP contribution >= 0.6 is 0 Å². The number of carbonyl (C=O) groups excluding carboxylic acids is 4. The lowest BCUT2D eigenvalue weighted by atomic mass is 9.92. The lowest BCUT2D eigenvalue weighted by Gasteiger charge is -2.32. The van der Waals surface area contributed by atoms with E-state index in [2.05, 4.69) is 10.6 Å². The molecule has 0 radical (unpaired) electrons. The van der Waals surface area contributed by atoms with E-state index in [1.165, 1.54) is 17.0 Å². The number of piperazine rings is 1. The van der Waals surface area contributed by atoms with E-state index in [4.69, 9.17) is 10.0 Å². The molecule has 162 valence electrons. The van der Waals surface area contributed by atoms with Crippen LogP contribution in [0.2, 0.25) is 0 Å². The lowest BCUT2D eigenvalue weighted by Crippen LogP contribution is -2.60. The monoisotopic (exact) mass is 420 g/mol. The topological polar surface area (TPSA) is 160 Å². The summed E-state index contributed by atoms with van der Waals surface area (Å²) in [7, 11) is -1.76. The van der Waals surface area contributed by atoms with Crippen LogP contribution in [0.15, 0.2) is 24.3 Å². The van der Waals surface area contributed by atoms with Gasteiger partial charge in [-0.05, 0) is 37.5 Å². The maximum absolute atomic E-state index is 12.6. The molecule has 0 bridgehead atoms. The number of nitrogens with one attached hydrogen (secondary N) is 2. The van der Waals surface area contributed by atoms with E-state index in [1.54, 1.807) is 19.1 Å². The Balaban J connectivity index is 2.06. The average molecular weight is 420 g/mol. The van der Waals surface area contributed by atoms with E-state index in [0.29, 0.717) is 13.0 Å². The molecular weight excluding hydrogens is 395 g/mol. The van der Waals surface area contributed by atoms with Crippen LogP contribution in [0.4, 0.5) is 4.79 Å². The third-order valence-corrected chi connectivity index (χ3v) is 4.67. The molecule has 1 atom stereocenters. The first-order chi connectivity index (χ1) is 14.2. The molecule has 1 aromatic carbocycles. The highest BCUT2D eigenvalue weighted by molar-refractivity contribution is 6.41. The van der Waals surface area contributed by atoms with Crippen molar-refractivity contribution in [2.75, 3.05) is 26.1 Å². The zero-order chi connectivity index (χ0) is 22.3. The Bertz CT molecular complexity index is 787. The molecule has 2 rings (SSSR count). The second-order valence-corrected chi connectivity index (χ2v) is 6.77. The number of aryl methyl sites for hydroxylation is 1. The minimum absolute atomic E-state index is 0.00586. The fourth-order valence-electron chi connectivity index (χ4n) is 2.95. The summed E-state index contributed by atoms with van der Waals surface area (Å²) in [4.78, 5) is 51.3. The number of hydrogen-bond acceptors (Lipinski definition) is 7. The quantitative estimate of drug-likeness (QED) is 0.246. The predicted molar refractivity (Wildman–Crippen MR) is 106 cm³/mol. The number of phenols is 1. The summed E-state index contributed by atoms with van der Waals surface area (Å²) in [6, 6.07) is 4.34. The van der Waals surface area contributed by atoms with Crippen molar-refractivity contribution < 1.29 is 34.3 Å². The SMILES string of the molecule is CCN1CCN(C(=O)N[C@H](CCc2ccc(O)cc2)C(=O)NCB(O)O)C(=O)C1=O. The van der Waals surface area contributed by atoms with E-state index in [-0.39, 0.29) is 25.3 Å². The Morgan fingerprint density at radius 1 is 1.13 bits per heavy atom. The summed E-state index contributed by atoms with van der Waals surface area (Å²) < 4.78 is 0. The minimum atomic E-state index is -1.76. The summed E-state index contributed by atoms with van der Waals surface area (Å²) in [6.45, 7) is 2.28. The van der Waals surface area contributed by atoms with E-state index >= 15 is 0 Å². The number of nitrogens with zero attached hydrogens (tertiary/aromatic N) is 2. The first-order valence-electron chi connectivity index (χ1n) is 9.56. The smallest absolute Gasteiger partial charge is 0.472 e. The van der Waals surface area contributed by atoms with Crippen molar-refractivity contribution >= 4 is 30.9 Å². The van der Waals surface area contributed by atoms with Crippen molar-refractivity contribution in [3.8, 4) is 5.75 Å². The van der Waals surface area contributed by atoms with Crippen LogP contribution in [0.1, 0.15) is 18.9 Å². The zero-order valence-corrected chi connectivity index (χ0v) is 16.6. The number of phenolic OH excluding ortho intramolecular Hbond substituents is 1. The fourth-order valence-corrected chi connectivity index (χ4v) is 2.95. The van der Waals surface area contributed by atoms with E-state index in [9.17, 15) is 24.3 Å². The first kappa shape index (κ1) is 23.2. The summed E-state index contributed by atoms with van der Waals surface area (Å²) in [6.07, 6.45) is 0.0642. The number of benzene rings is 1. The van der Waals surface area contributed by atoms with Crippen molar-refractivity contribution in [2.45, 2.75) is 25.8 Å². The van der Waals surface area contributed by atoms with Gasteiger partial charge in [0.15, 0.2) is 0 Å². The maximum atomic E-state index is 12.6. The first-order valence-corrected chi connectivity index (χ1v) is 9.56. The van der Waals surface area contributed by atoms with Gasteiger partial charge in [-0.1, -0.05) is 12.1 Å². The number of amides is 5. The molecular formula is C18H25BN4O7. The number of rotatable bonds is 8. The molecule has 1 aliphatic rings. The van der Waals surface area contributed by atoms with E-state index < -0.39 is 43.4 Å². The van der Waals surface area contributed by atoms with Gasteiger partial charge in [-0.3, -0.25) is 19.3 Å². The van der Waals surface area contributed by atoms with Crippen LogP contribution < -0.4 is 10.6 Å². The molecule has 12 heteroatoms. The number of urea groups is 1. The zero-order valence-electron chi connectivity index (χ0n) is 16.6. The molecule has 0 spiro atoms. The molecule has 0 saturated carbocycles. The van der Waals surface area contributed by atoms with Gasteiger partial charge in [-0.2, -0.15) is 0 Å². The molecule has 0 aliphatic carbocycles. The lowest BCUT2D eigenvalue weighted by molar-refractivity contribution is -0.153. The molecule has 1 aliphatic heterocycles. The Labute approximate surface area is 173 Å². The second-order valence-electron chi connectivity index (χ2n) is 6.77. The number of hydrogen-bond donors (Lipinski definition) is 5. The third-order valence-electron chi connectivity index (χ3n) is 4.67.